The molecule has 0 aromatic carbocycles. The number of furan rings is 1. The zero-order valence-electron chi connectivity index (χ0n) is 9.78. The Hall–Kier alpha value is -0.770. The molecule has 0 N–H and O–H groups in total. The Kier molecular flexibility index (Phi) is 5.60. The SMILES string of the molecule is CCC(CC)N(CCBr)C(=O)c1ccco1. The fourth-order valence-electron chi connectivity index (χ4n) is 1.81. The molecule has 0 saturated heterocycles. The van der Waals surface area contributed by atoms with E-state index in [1.807, 2.05) is 4.90 Å². The molecule has 1 aromatic rings. The molecule has 1 amide bonds. The molecule has 0 radical (unpaired) electrons. The number of hydrogen-bond donors (Lipinski definition) is 0. The molecule has 1 heterocycles. The second-order valence-electron chi connectivity index (χ2n) is 3.64. The van der Waals surface area contributed by atoms with Crippen molar-refractivity contribution < 1.29 is 9.21 Å². The molecule has 0 aliphatic carbocycles. The molecule has 0 bridgehead atoms. The molecule has 0 unspecified atom stereocenters. The maximum absolute atomic E-state index is 12.2. The summed E-state index contributed by atoms with van der Waals surface area (Å²) in [6.45, 7) is 4.92. The van der Waals surface area contributed by atoms with E-state index in [4.69, 9.17) is 4.42 Å². The molecule has 3 nitrogen and oxygen atoms in total. The van der Waals surface area contributed by atoms with Crippen LogP contribution in [0.4, 0.5) is 0 Å². The van der Waals surface area contributed by atoms with Crippen LogP contribution in [-0.4, -0.2) is 28.7 Å². The quantitative estimate of drug-likeness (QED) is 0.752. The van der Waals surface area contributed by atoms with Crippen molar-refractivity contribution in [2.24, 2.45) is 0 Å². The van der Waals surface area contributed by atoms with Crippen molar-refractivity contribution in [1.82, 2.24) is 4.90 Å². The summed E-state index contributed by atoms with van der Waals surface area (Å²) in [7, 11) is 0. The summed E-state index contributed by atoms with van der Waals surface area (Å²) in [6, 6.07) is 3.74. The highest BCUT2D eigenvalue weighted by molar-refractivity contribution is 9.09. The molecule has 0 aliphatic rings. The Labute approximate surface area is 105 Å². The lowest BCUT2D eigenvalue weighted by Gasteiger charge is -2.29. The number of carbonyl (C=O) groups is 1. The molecular weight excluding hydrogens is 270 g/mol. The number of alkyl halides is 1. The van der Waals surface area contributed by atoms with Gasteiger partial charge in [-0.15, -0.1) is 0 Å². The smallest absolute Gasteiger partial charge is 0.289 e. The molecule has 16 heavy (non-hydrogen) atoms. The Morgan fingerprint density at radius 2 is 2.19 bits per heavy atom. The molecule has 0 atom stereocenters. The third-order valence-electron chi connectivity index (χ3n) is 2.70. The van der Waals surface area contributed by atoms with Crippen molar-refractivity contribution >= 4 is 21.8 Å². The first kappa shape index (κ1) is 13.3. The van der Waals surface area contributed by atoms with Crippen LogP contribution in [0.5, 0.6) is 0 Å². The van der Waals surface area contributed by atoms with E-state index < -0.39 is 0 Å². The van der Waals surface area contributed by atoms with Crippen LogP contribution in [0.15, 0.2) is 22.8 Å². The van der Waals surface area contributed by atoms with Crippen molar-refractivity contribution in [3.05, 3.63) is 24.2 Å². The second kappa shape index (κ2) is 6.74. The summed E-state index contributed by atoms with van der Waals surface area (Å²) >= 11 is 3.38. The zero-order chi connectivity index (χ0) is 12.0. The Balaban J connectivity index is 2.80. The lowest BCUT2D eigenvalue weighted by Crippen LogP contribution is -2.40. The van der Waals surface area contributed by atoms with Gasteiger partial charge in [-0.3, -0.25) is 4.79 Å². The predicted molar refractivity (Wildman–Crippen MR) is 67.9 cm³/mol. The maximum Gasteiger partial charge on any atom is 0.289 e. The van der Waals surface area contributed by atoms with E-state index in [-0.39, 0.29) is 11.9 Å². The van der Waals surface area contributed by atoms with Gasteiger partial charge in [0.2, 0.25) is 0 Å². The normalized spacial score (nSPS) is 10.8. The van der Waals surface area contributed by atoms with Crippen molar-refractivity contribution in [2.45, 2.75) is 32.7 Å². The van der Waals surface area contributed by atoms with E-state index in [0.717, 1.165) is 18.2 Å². The van der Waals surface area contributed by atoms with Crippen molar-refractivity contribution in [3.63, 3.8) is 0 Å². The van der Waals surface area contributed by atoms with Crippen LogP contribution in [0.25, 0.3) is 0 Å². The average Bonchev–Trinajstić information content (AvgIpc) is 2.82. The van der Waals surface area contributed by atoms with Gasteiger partial charge in [0.25, 0.3) is 5.91 Å². The molecule has 0 fully saturated rings. The molecule has 4 heteroatoms. The van der Waals surface area contributed by atoms with E-state index in [2.05, 4.69) is 29.8 Å². The molecular formula is C12H18BrNO2. The average molecular weight is 288 g/mol. The first-order valence-electron chi connectivity index (χ1n) is 5.65. The summed E-state index contributed by atoms with van der Waals surface area (Å²) in [5.41, 5.74) is 0. The number of rotatable bonds is 6. The second-order valence-corrected chi connectivity index (χ2v) is 4.43. The van der Waals surface area contributed by atoms with Crippen LogP contribution < -0.4 is 0 Å². The van der Waals surface area contributed by atoms with Gasteiger partial charge in [0.05, 0.1) is 6.26 Å². The molecule has 0 aliphatic heterocycles. The third kappa shape index (κ3) is 3.11. The van der Waals surface area contributed by atoms with Gasteiger partial charge in [-0.05, 0) is 25.0 Å². The third-order valence-corrected chi connectivity index (χ3v) is 3.06. The van der Waals surface area contributed by atoms with E-state index in [0.29, 0.717) is 12.3 Å². The Morgan fingerprint density at radius 3 is 2.62 bits per heavy atom. The van der Waals surface area contributed by atoms with Crippen LogP contribution in [-0.2, 0) is 0 Å². The van der Waals surface area contributed by atoms with Gasteiger partial charge in [-0.2, -0.15) is 0 Å². The molecule has 0 saturated carbocycles. The van der Waals surface area contributed by atoms with Crippen LogP contribution in [0.2, 0.25) is 0 Å². The van der Waals surface area contributed by atoms with Gasteiger partial charge in [-0.25, -0.2) is 0 Å². The molecule has 1 rings (SSSR count). The van der Waals surface area contributed by atoms with E-state index in [9.17, 15) is 4.79 Å². The van der Waals surface area contributed by atoms with Crippen LogP contribution in [0.1, 0.15) is 37.2 Å². The van der Waals surface area contributed by atoms with Gasteiger partial charge in [0.1, 0.15) is 0 Å². The summed E-state index contributed by atoms with van der Waals surface area (Å²) in [6.07, 6.45) is 3.47. The highest BCUT2D eigenvalue weighted by atomic mass is 79.9. The maximum atomic E-state index is 12.2. The lowest BCUT2D eigenvalue weighted by molar-refractivity contribution is 0.0650. The first-order valence-corrected chi connectivity index (χ1v) is 6.77. The van der Waals surface area contributed by atoms with Gasteiger partial charge in [-0.1, -0.05) is 29.8 Å². The number of amides is 1. The standard InChI is InChI=1S/C12H18BrNO2/c1-3-10(4-2)14(8-7-13)12(15)11-6-5-9-16-11/h5-6,9-10H,3-4,7-8H2,1-2H3. The number of halogens is 1. The highest BCUT2D eigenvalue weighted by Crippen LogP contribution is 2.14. The van der Waals surface area contributed by atoms with Crippen LogP contribution in [0.3, 0.4) is 0 Å². The fraction of sp³-hybridized carbons (Fsp3) is 0.583. The van der Waals surface area contributed by atoms with Crippen LogP contribution >= 0.6 is 15.9 Å². The minimum absolute atomic E-state index is 0.0156. The Bertz CT molecular complexity index is 307. The van der Waals surface area contributed by atoms with Gasteiger partial charge < -0.3 is 9.32 Å². The summed E-state index contributed by atoms with van der Waals surface area (Å²) in [5.74, 6) is 0.408. The van der Waals surface area contributed by atoms with Gasteiger partial charge >= 0.3 is 0 Å². The largest absolute Gasteiger partial charge is 0.459 e. The van der Waals surface area contributed by atoms with Crippen molar-refractivity contribution in [2.75, 3.05) is 11.9 Å². The number of carbonyl (C=O) groups excluding carboxylic acids is 1. The zero-order valence-corrected chi connectivity index (χ0v) is 11.4. The summed E-state index contributed by atoms with van der Waals surface area (Å²) in [5, 5.41) is 0.788. The van der Waals surface area contributed by atoms with Gasteiger partial charge in [0.15, 0.2) is 5.76 Å². The fourth-order valence-corrected chi connectivity index (χ4v) is 2.19. The predicted octanol–water partition coefficient (Wildman–Crippen LogP) is 3.31. The minimum atomic E-state index is -0.0156. The van der Waals surface area contributed by atoms with Crippen LogP contribution in [0, 0.1) is 0 Å². The molecule has 0 spiro atoms. The van der Waals surface area contributed by atoms with E-state index in [1.165, 1.54) is 6.26 Å². The monoisotopic (exact) mass is 287 g/mol. The van der Waals surface area contributed by atoms with E-state index >= 15 is 0 Å². The van der Waals surface area contributed by atoms with Crippen molar-refractivity contribution in [3.8, 4) is 0 Å². The van der Waals surface area contributed by atoms with E-state index in [1.54, 1.807) is 12.1 Å². The highest BCUT2D eigenvalue weighted by Gasteiger charge is 2.23. The number of nitrogens with zero attached hydrogens (tertiary/aromatic N) is 1. The number of hydrogen-bond acceptors (Lipinski definition) is 2. The summed E-state index contributed by atoms with van der Waals surface area (Å²) < 4.78 is 5.16. The molecule has 90 valence electrons. The Morgan fingerprint density at radius 1 is 1.50 bits per heavy atom. The minimum Gasteiger partial charge on any atom is -0.459 e. The topological polar surface area (TPSA) is 33.5 Å². The van der Waals surface area contributed by atoms with Crippen molar-refractivity contribution in [1.29, 1.82) is 0 Å². The van der Waals surface area contributed by atoms with Gasteiger partial charge in [0, 0.05) is 17.9 Å². The molecule has 1 aromatic heterocycles. The lowest BCUT2D eigenvalue weighted by atomic mass is 10.1. The summed E-state index contributed by atoms with van der Waals surface area (Å²) in [4.78, 5) is 14.0. The first-order chi connectivity index (χ1) is 7.74.